The highest BCUT2D eigenvalue weighted by molar-refractivity contribution is 4.85. The Hall–Kier alpha value is -0.620. The van der Waals surface area contributed by atoms with Gasteiger partial charge in [0.25, 0.3) is 0 Å². The molecular formula is C17H35NO4. The molecule has 0 aliphatic carbocycles. The minimum Gasteiger partial charge on any atom is -0.394 e. The molecule has 22 heavy (non-hydrogen) atoms. The predicted octanol–water partition coefficient (Wildman–Crippen LogP) is 1.65. The van der Waals surface area contributed by atoms with Crippen molar-refractivity contribution in [3.63, 3.8) is 0 Å². The Bertz CT molecular complexity index is 249. The van der Waals surface area contributed by atoms with Crippen molar-refractivity contribution in [3.8, 4) is 0 Å². The van der Waals surface area contributed by atoms with Crippen molar-refractivity contribution in [1.82, 2.24) is 4.90 Å². The van der Waals surface area contributed by atoms with Gasteiger partial charge in [-0.05, 0) is 19.0 Å². The highest BCUT2D eigenvalue weighted by atomic mass is 16.3. The van der Waals surface area contributed by atoms with Gasteiger partial charge in [-0.15, -0.1) is 0 Å². The Morgan fingerprint density at radius 3 is 1.82 bits per heavy atom. The van der Waals surface area contributed by atoms with Crippen molar-refractivity contribution in [2.24, 2.45) is 0 Å². The van der Waals surface area contributed by atoms with Crippen molar-refractivity contribution in [2.75, 3.05) is 26.3 Å². The third-order valence-corrected chi connectivity index (χ3v) is 3.60. The third-order valence-electron chi connectivity index (χ3n) is 3.60. The van der Waals surface area contributed by atoms with Crippen LogP contribution < -0.4 is 0 Å². The second-order valence-electron chi connectivity index (χ2n) is 5.92. The molecule has 0 aliphatic heterocycles. The zero-order valence-corrected chi connectivity index (χ0v) is 14.0. The monoisotopic (exact) mass is 317 g/mol. The van der Waals surface area contributed by atoms with E-state index in [-0.39, 0.29) is 26.3 Å². The van der Waals surface area contributed by atoms with E-state index < -0.39 is 12.2 Å². The number of rotatable bonds is 15. The zero-order valence-electron chi connectivity index (χ0n) is 14.0. The number of hydrogen-bond donors (Lipinski definition) is 4. The molecule has 132 valence electrons. The Morgan fingerprint density at radius 2 is 1.32 bits per heavy atom. The summed E-state index contributed by atoms with van der Waals surface area (Å²) < 4.78 is 0. The van der Waals surface area contributed by atoms with Gasteiger partial charge < -0.3 is 25.3 Å². The van der Waals surface area contributed by atoms with Crippen molar-refractivity contribution in [2.45, 2.75) is 70.5 Å². The first-order chi connectivity index (χ1) is 10.6. The molecule has 0 amide bonds. The average Bonchev–Trinajstić information content (AvgIpc) is 2.52. The highest BCUT2D eigenvalue weighted by Crippen LogP contribution is 2.09. The van der Waals surface area contributed by atoms with Gasteiger partial charge in [0.2, 0.25) is 0 Å². The van der Waals surface area contributed by atoms with E-state index in [0.29, 0.717) is 0 Å². The van der Waals surface area contributed by atoms with Crippen LogP contribution >= 0.6 is 0 Å². The van der Waals surface area contributed by atoms with Crippen LogP contribution in [0.3, 0.4) is 0 Å². The summed E-state index contributed by atoms with van der Waals surface area (Å²) in [6.45, 7) is 2.11. The van der Waals surface area contributed by atoms with Gasteiger partial charge in [0.1, 0.15) is 0 Å². The van der Waals surface area contributed by atoms with Gasteiger partial charge in [0, 0.05) is 13.1 Å². The quantitative estimate of drug-likeness (QED) is 0.345. The Morgan fingerprint density at radius 1 is 0.818 bits per heavy atom. The lowest BCUT2D eigenvalue weighted by Gasteiger charge is -2.24. The number of allylic oxidation sites excluding steroid dienone is 1. The molecule has 0 spiro atoms. The molecule has 0 rings (SSSR count). The summed E-state index contributed by atoms with van der Waals surface area (Å²) in [5, 5.41) is 36.8. The molecule has 2 unspecified atom stereocenters. The van der Waals surface area contributed by atoms with E-state index in [4.69, 9.17) is 10.2 Å². The molecule has 4 N–H and O–H groups in total. The molecule has 5 heteroatoms. The van der Waals surface area contributed by atoms with Crippen LogP contribution in [-0.2, 0) is 0 Å². The van der Waals surface area contributed by atoms with Crippen LogP contribution in [-0.4, -0.2) is 63.8 Å². The minimum absolute atomic E-state index is 0.251. The van der Waals surface area contributed by atoms with Crippen LogP contribution in [0.1, 0.15) is 58.3 Å². The second-order valence-corrected chi connectivity index (χ2v) is 5.92. The largest absolute Gasteiger partial charge is 0.394 e. The molecule has 0 aromatic rings. The van der Waals surface area contributed by atoms with E-state index in [1.54, 1.807) is 4.90 Å². The fraction of sp³-hybridized carbons (Fsp3) is 0.882. The summed E-state index contributed by atoms with van der Waals surface area (Å²) in [5.41, 5.74) is 0. The molecule has 0 heterocycles. The van der Waals surface area contributed by atoms with Crippen LogP contribution in [0.4, 0.5) is 0 Å². The summed E-state index contributed by atoms with van der Waals surface area (Å²) in [7, 11) is 0. The maximum absolute atomic E-state index is 9.49. The summed E-state index contributed by atoms with van der Waals surface area (Å²) in [5.74, 6) is 0. The van der Waals surface area contributed by atoms with Gasteiger partial charge in [0.15, 0.2) is 0 Å². The molecule has 5 nitrogen and oxygen atoms in total. The fourth-order valence-corrected chi connectivity index (χ4v) is 2.30. The Balaban J connectivity index is 3.87. The smallest absolute Gasteiger partial charge is 0.0945 e. The zero-order chi connectivity index (χ0) is 16.6. The molecule has 0 aromatic heterocycles. The molecule has 0 saturated heterocycles. The molecule has 0 fully saturated rings. The van der Waals surface area contributed by atoms with Crippen molar-refractivity contribution >= 4 is 0 Å². The molecule has 0 aliphatic rings. The SMILES string of the molecule is CCCCCCCCC/C=C/N(CC(O)CO)CC(O)CO. The topological polar surface area (TPSA) is 84.2 Å². The first-order valence-electron chi connectivity index (χ1n) is 8.62. The third kappa shape index (κ3) is 13.1. The number of unbranched alkanes of at least 4 members (excludes halogenated alkanes) is 7. The summed E-state index contributed by atoms with van der Waals surface area (Å²) in [6, 6.07) is 0. The number of hydrogen-bond acceptors (Lipinski definition) is 5. The van der Waals surface area contributed by atoms with Crippen LogP contribution in [0.15, 0.2) is 12.3 Å². The highest BCUT2D eigenvalue weighted by Gasteiger charge is 2.11. The van der Waals surface area contributed by atoms with Crippen LogP contribution in [0.25, 0.3) is 0 Å². The van der Waals surface area contributed by atoms with Gasteiger partial charge >= 0.3 is 0 Å². The maximum Gasteiger partial charge on any atom is 0.0945 e. The van der Waals surface area contributed by atoms with Crippen LogP contribution in [0, 0.1) is 0 Å². The van der Waals surface area contributed by atoms with Gasteiger partial charge in [-0.25, -0.2) is 0 Å². The van der Waals surface area contributed by atoms with E-state index in [1.807, 2.05) is 12.3 Å². The molecule has 0 radical (unpaired) electrons. The van der Waals surface area contributed by atoms with Gasteiger partial charge in [-0.3, -0.25) is 0 Å². The Labute approximate surface area is 135 Å². The van der Waals surface area contributed by atoms with E-state index in [2.05, 4.69) is 6.92 Å². The normalized spacial score (nSPS) is 14.4. The second kappa shape index (κ2) is 15.3. The van der Waals surface area contributed by atoms with Gasteiger partial charge in [-0.1, -0.05) is 51.5 Å². The number of nitrogens with zero attached hydrogens (tertiary/aromatic N) is 1. The average molecular weight is 317 g/mol. The minimum atomic E-state index is -0.839. The lowest BCUT2D eigenvalue weighted by molar-refractivity contribution is 0.0393. The van der Waals surface area contributed by atoms with Crippen LogP contribution in [0.5, 0.6) is 0 Å². The lowest BCUT2D eigenvalue weighted by Crippen LogP contribution is -2.37. The van der Waals surface area contributed by atoms with Crippen LogP contribution in [0.2, 0.25) is 0 Å². The molecular weight excluding hydrogens is 282 g/mol. The van der Waals surface area contributed by atoms with E-state index >= 15 is 0 Å². The van der Waals surface area contributed by atoms with Crippen molar-refractivity contribution < 1.29 is 20.4 Å². The molecule has 0 aromatic carbocycles. The number of aliphatic hydroxyl groups is 4. The van der Waals surface area contributed by atoms with Crippen molar-refractivity contribution in [3.05, 3.63) is 12.3 Å². The molecule has 0 saturated carbocycles. The first-order valence-corrected chi connectivity index (χ1v) is 8.62. The van der Waals surface area contributed by atoms with Gasteiger partial charge in [0.05, 0.1) is 25.4 Å². The van der Waals surface area contributed by atoms with E-state index in [1.165, 1.54) is 38.5 Å². The van der Waals surface area contributed by atoms with E-state index in [0.717, 1.165) is 12.8 Å². The summed E-state index contributed by atoms with van der Waals surface area (Å²) in [4.78, 5) is 1.74. The fourth-order valence-electron chi connectivity index (χ4n) is 2.30. The maximum atomic E-state index is 9.49. The standard InChI is InChI=1S/C17H35NO4/c1-2-3-4-5-6-7-8-9-10-11-18(12-16(21)14-19)13-17(22)15-20/h10-11,16-17,19-22H,2-9,12-15H2,1H3/b11-10+. The first kappa shape index (κ1) is 21.4. The summed E-state index contributed by atoms with van der Waals surface area (Å²) >= 11 is 0. The van der Waals surface area contributed by atoms with Gasteiger partial charge in [-0.2, -0.15) is 0 Å². The van der Waals surface area contributed by atoms with Crippen molar-refractivity contribution in [1.29, 1.82) is 0 Å². The number of aliphatic hydroxyl groups excluding tert-OH is 4. The van der Waals surface area contributed by atoms with E-state index in [9.17, 15) is 10.2 Å². The molecule has 2 atom stereocenters. The predicted molar refractivity (Wildman–Crippen MR) is 89.5 cm³/mol. The summed E-state index contributed by atoms with van der Waals surface area (Å²) in [6.07, 6.45) is 12.1. The Kier molecular flexibility index (Phi) is 14.9. The lowest BCUT2D eigenvalue weighted by atomic mass is 10.1. The molecule has 0 bridgehead atoms.